The first-order chi connectivity index (χ1) is 4.33. The van der Waals surface area contributed by atoms with Gasteiger partial charge in [-0.1, -0.05) is 20.8 Å². The van der Waals surface area contributed by atoms with E-state index in [9.17, 15) is 4.79 Å². The molecule has 0 aliphatic rings. The lowest BCUT2D eigenvalue weighted by atomic mass is 9.92. The molecule has 2 nitrogen and oxygen atoms in total. The van der Waals surface area contributed by atoms with Gasteiger partial charge >= 0.3 is 0 Å². The van der Waals surface area contributed by atoms with E-state index in [-0.39, 0.29) is 11.3 Å². The molecule has 0 aromatic carbocycles. The van der Waals surface area contributed by atoms with E-state index in [1.54, 1.807) is 25.4 Å². The lowest BCUT2D eigenvalue weighted by Crippen LogP contribution is -2.27. The van der Waals surface area contributed by atoms with Crippen molar-refractivity contribution in [1.29, 1.82) is 0 Å². The molecular formula is C8H16NO. The maximum Gasteiger partial charge on any atom is 0.226 e. The Hall–Kier alpha value is -0.530. The fourth-order valence-electron chi connectivity index (χ4n) is 0.500. The van der Waals surface area contributed by atoms with Crippen LogP contribution in [-0.4, -0.2) is 24.9 Å². The lowest BCUT2D eigenvalue weighted by Gasteiger charge is -2.19. The second-order valence-electron chi connectivity index (χ2n) is 3.74. The van der Waals surface area contributed by atoms with Gasteiger partial charge in [0.05, 0.1) is 6.42 Å². The second-order valence-corrected chi connectivity index (χ2v) is 3.74. The second kappa shape index (κ2) is 3.04. The van der Waals surface area contributed by atoms with E-state index in [0.717, 1.165) is 0 Å². The van der Waals surface area contributed by atoms with E-state index in [1.165, 1.54) is 0 Å². The molecule has 59 valence electrons. The molecule has 10 heavy (non-hydrogen) atoms. The van der Waals surface area contributed by atoms with E-state index in [4.69, 9.17) is 0 Å². The zero-order chi connectivity index (χ0) is 8.36. The molecule has 0 unspecified atom stereocenters. The first-order valence-corrected chi connectivity index (χ1v) is 3.40. The van der Waals surface area contributed by atoms with Gasteiger partial charge in [0, 0.05) is 14.1 Å². The van der Waals surface area contributed by atoms with Gasteiger partial charge in [-0.05, 0) is 5.41 Å². The molecule has 0 rings (SSSR count). The van der Waals surface area contributed by atoms with Crippen LogP contribution >= 0.6 is 0 Å². The fourth-order valence-corrected chi connectivity index (χ4v) is 0.500. The molecule has 0 bridgehead atoms. The van der Waals surface area contributed by atoms with Crippen LogP contribution in [0.2, 0.25) is 0 Å². The average molecular weight is 142 g/mol. The summed E-state index contributed by atoms with van der Waals surface area (Å²) < 4.78 is 0. The number of nitrogens with zero attached hydrogens (tertiary/aromatic N) is 1. The molecule has 2 heteroatoms. The highest BCUT2D eigenvalue weighted by molar-refractivity contribution is 5.85. The third kappa shape index (κ3) is 4.36. The Balaban J connectivity index is 3.81. The predicted octanol–water partition coefficient (Wildman–Crippen LogP) is 1.32. The zero-order valence-electron chi connectivity index (χ0n) is 7.43. The molecule has 0 fully saturated rings. The summed E-state index contributed by atoms with van der Waals surface area (Å²) in [4.78, 5) is 12.6. The van der Waals surface area contributed by atoms with Gasteiger partial charge in [-0.25, -0.2) is 0 Å². The third-order valence-electron chi connectivity index (χ3n) is 0.997. The Morgan fingerprint density at radius 2 is 1.70 bits per heavy atom. The Bertz CT molecular complexity index is 122. The molecular weight excluding hydrogens is 126 g/mol. The van der Waals surface area contributed by atoms with Crippen LogP contribution in [0.1, 0.15) is 20.8 Å². The minimum atomic E-state index is -0.0125. The number of hydrogen-bond acceptors (Lipinski definition) is 1. The molecule has 0 heterocycles. The van der Waals surface area contributed by atoms with Crippen LogP contribution in [0.15, 0.2) is 0 Å². The summed E-state index contributed by atoms with van der Waals surface area (Å²) in [6.07, 6.45) is 1.72. The molecule has 1 radical (unpaired) electrons. The summed E-state index contributed by atoms with van der Waals surface area (Å²) in [5.74, 6) is 0.0764. The van der Waals surface area contributed by atoms with Gasteiger partial charge in [0.2, 0.25) is 5.91 Å². The number of carbonyl (C=O) groups is 1. The molecule has 0 aliphatic carbocycles. The molecule has 0 N–H and O–H groups in total. The number of carbonyl (C=O) groups excluding carboxylic acids is 1. The van der Waals surface area contributed by atoms with Crippen LogP contribution in [0, 0.1) is 11.8 Å². The van der Waals surface area contributed by atoms with Crippen LogP contribution in [0.25, 0.3) is 0 Å². The highest BCUT2D eigenvalue weighted by Gasteiger charge is 2.17. The Morgan fingerprint density at radius 1 is 1.30 bits per heavy atom. The number of amides is 1. The van der Waals surface area contributed by atoms with Gasteiger partial charge < -0.3 is 4.90 Å². The summed E-state index contributed by atoms with van der Waals surface area (Å²) in [6.45, 7) is 6.02. The molecule has 0 saturated heterocycles. The van der Waals surface area contributed by atoms with Gasteiger partial charge in [-0.2, -0.15) is 0 Å². The van der Waals surface area contributed by atoms with E-state index >= 15 is 0 Å². The van der Waals surface area contributed by atoms with Crippen LogP contribution in [-0.2, 0) is 4.79 Å². The van der Waals surface area contributed by atoms with Crippen molar-refractivity contribution in [3.8, 4) is 0 Å². The average Bonchev–Trinajstić information content (AvgIpc) is 1.60. The van der Waals surface area contributed by atoms with Gasteiger partial charge in [0.1, 0.15) is 0 Å². The molecule has 0 atom stereocenters. The SMILES string of the molecule is CN(C)C(=O)[CH]C(C)(C)C. The fraction of sp³-hybridized carbons (Fsp3) is 0.750. The Kier molecular flexibility index (Phi) is 2.88. The van der Waals surface area contributed by atoms with Crippen LogP contribution in [0.4, 0.5) is 0 Å². The van der Waals surface area contributed by atoms with Crippen molar-refractivity contribution >= 4 is 5.91 Å². The highest BCUT2D eigenvalue weighted by atomic mass is 16.2. The van der Waals surface area contributed by atoms with Crippen LogP contribution in [0.3, 0.4) is 0 Å². The molecule has 0 aromatic rings. The monoisotopic (exact) mass is 142 g/mol. The van der Waals surface area contributed by atoms with E-state index < -0.39 is 0 Å². The molecule has 0 aliphatic heterocycles. The van der Waals surface area contributed by atoms with E-state index in [2.05, 4.69) is 0 Å². The van der Waals surface area contributed by atoms with Crippen molar-refractivity contribution < 1.29 is 4.79 Å². The summed E-state index contributed by atoms with van der Waals surface area (Å²) >= 11 is 0. The smallest absolute Gasteiger partial charge is 0.226 e. The normalized spacial score (nSPS) is 11.3. The lowest BCUT2D eigenvalue weighted by molar-refractivity contribution is -0.126. The standard InChI is InChI=1S/C8H16NO/c1-8(2,3)6-7(10)9(4)5/h6H,1-5H3. The predicted molar refractivity (Wildman–Crippen MR) is 42.4 cm³/mol. The minimum Gasteiger partial charge on any atom is -0.349 e. The first-order valence-electron chi connectivity index (χ1n) is 3.40. The molecule has 0 aromatic heterocycles. The van der Waals surface area contributed by atoms with Gasteiger partial charge in [0.25, 0.3) is 0 Å². The van der Waals surface area contributed by atoms with Crippen molar-refractivity contribution in [2.75, 3.05) is 14.1 Å². The van der Waals surface area contributed by atoms with E-state index in [1.807, 2.05) is 20.8 Å². The summed E-state index contributed by atoms with van der Waals surface area (Å²) in [7, 11) is 3.51. The zero-order valence-corrected chi connectivity index (χ0v) is 7.43. The molecule has 0 spiro atoms. The largest absolute Gasteiger partial charge is 0.349 e. The molecule has 0 saturated carbocycles. The third-order valence-corrected chi connectivity index (χ3v) is 0.997. The highest BCUT2D eigenvalue weighted by Crippen LogP contribution is 2.17. The van der Waals surface area contributed by atoms with Crippen molar-refractivity contribution in [3.63, 3.8) is 0 Å². The minimum absolute atomic E-state index is 0.0125. The van der Waals surface area contributed by atoms with Crippen molar-refractivity contribution in [3.05, 3.63) is 6.42 Å². The summed E-state index contributed by atoms with van der Waals surface area (Å²) in [6, 6.07) is 0. The molecule has 1 amide bonds. The number of rotatable bonds is 1. The number of hydrogen-bond donors (Lipinski definition) is 0. The Morgan fingerprint density at radius 3 is 1.80 bits per heavy atom. The maximum atomic E-state index is 11.0. The van der Waals surface area contributed by atoms with Crippen molar-refractivity contribution in [2.45, 2.75) is 20.8 Å². The van der Waals surface area contributed by atoms with E-state index in [0.29, 0.717) is 0 Å². The van der Waals surface area contributed by atoms with Gasteiger partial charge in [0.15, 0.2) is 0 Å². The quantitative estimate of drug-likeness (QED) is 0.541. The van der Waals surface area contributed by atoms with Crippen molar-refractivity contribution in [1.82, 2.24) is 4.90 Å². The summed E-state index contributed by atoms with van der Waals surface area (Å²) in [5.41, 5.74) is -0.0125. The van der Waals surface area contributed by atoms with Crippen molar-refractivity contribution in [2.24, 2.45) is 5.41 Å². The van der Waals surface area contributed by atoms with Gasteiger partial charge in [-0.15, -0.1) is 0 Å². The van der Waals surface area contributed by atoms with Gasteiger partial charge in [-0.3, -0.25) is 4.79 Å². The van der Waals surface area contributed by atoms with Crippen LogP contribution in [0.5, 0.6) is 0 Å². The topological polar surface area (TPSA) is 20.3 Å². The van der Waals surface area contributed by atoms with Crippen LogP contribution < -0.4 is 0 Å². The summed E-state index contributed by atoms with van der Waals surface area (Å²) in [5, 5.41) is 0. The maximum absolute atomic E-state index is 11.0. The Labute approximate surface area is 63.2 Å². The first kappa shape index (κ1) is 9.47.